The summed E-state index contributed by atoms with van der Waals surface area (Å²) in [5.41, 5.74) is 2.26. The van der Waals surface area contributed by atoms with E-state index in [-0.39, 0.29) is 11.2 Å². The Bertz CT molecular complexity index is 970. The van der Waals surface area contributed by atoms with Gasteiger partial charge in [0.2, 0.25) is 5.91 Å². The van der Waals surface area contributed by atoms with Crippen molar-refractivity contribution in [1.29, 1.82) is 0 Å². The van der Waals surface area contributed by atoms with E-state index in [1.54, 1.807) is 29.4 Å². The Hall–Kier alpha value is -1.57. The summed E-state index contributed by atoms with van der Waals surface area (Å²) in [4.78, 5) is 25.2. The van der Waals surface area contributed by atoms with Crippen LogP contribution in [0.15, 0.2) is 40.5 Å². The zero-order chi connectivity index (χ0) is 18.1. The van der Waals surface area contributed by atoms with E-state index in [1.807, 2.05) is 37.4 Å². The minimum Gasteiger partial charge on any atom is -0.324 e. The number of carbonyl (C=O) groups excluding carboxylic acids is 1. The monoisotopic (exact) mass is 401 g/mol. The van der Waals surface area contributed by atoms with Crippen LogP contribution >= 0.6 is 34.9 Å². The summed E-state index contributed by atoms with van der Waals surface area (Å²) in [5.74, 6) is -0.00450. The van der Waals surface area contributed by atoms with Crippen molar-refractivity contribution in [3.63, 3.8) is 0 Å². The van der Waals surface area contributed by atoms with E-state index in [2.05, 4.69) is 15.3 Å². The lowest BCUT2D eigenvalue weighted by molar-refractivity contribution is -0.115. The molecular formula is C19H19N3OS3. The van der Waals surface area contributed by atoms with Gasteiger partial charge in [0.1, 0.15) is 16.2 Å². The SMILES string of the molecule is CSc1ccccc1NC(=O)C(C)Sc1ncnc2sc3c(c12)CCC3. The fraction of sp³-hybridized carbons (Fsp3) is 0.316. The van der Waals surface area contributed by atoms with Gasteiger partial charge < -0.3 is 5.32 Å². The number of aryl methyl sites for hydroxylation is 2. The third kappa shape index (κ3) is 3.35. The number of thioether (sulfide) groups is 2. The highest BCUT2D eigenvalue weighted by Gasteiger charge is 2.24. The highest BCUT2D eigenvalue weighted by Crippen LogP contribution is 2.41. The summed E-state index contributed by atoms with van der Waals surface area (Å²) in [6, 6.07) is 7.88. The molecule has 1 aliphatic carbocycles. The first-order valence-electron chi connectivity index (χ1n) is 8.53. The molecule has 0 aliphatic heterocycles. The first-order valence-corrected chi connectivity index (χ1v) is 11.4. The highest BCUT2D eigenvalue weighted by atomic mass is 32.2. The standard InChI is InChI=1S/C19H19N3OS3/c1-11(17(23)22-13-7-3-4-8-15(13)24-2)25-18-16-12-6-5-9-14(12)26-19(16)21-10-20-18/h3-4,7-8,10-11H,5-6,9H2,1-2H3,(H,22,23). The smallest absolute Gasteiger partial charge is 0.237 e. The van der Waals surface area contributed by atoms with Crippen LogP contribution in [0.5, 0.6) is 0 Å². The van der Waals surface area contributed by atoms with E-state index in [1.165, 1.54) is 34.0 Å². The number of thiophene rings is 1. The Morgan fingerprint density at radius 3 is 2.96 bits per heavy atom. The topological polar surface area (TPSA) is 54.9 Å². The molecule has 1 N–H and O–H groups in total. The van der Waals surface area contributed by atoms with E-state index in [4.69, 9.17) is 0 Å². The lowest BCUT2D eigenvalue weighted by Gasteiger charge is -2.14. The molecule has 0 saturated heterocycles. The van der Waals surface area contributed by atoms with Crippen LogP contribution in [-0.2, 0) is 17.6 Å². The molecule has 26 heavy (non-hydrogen) atoms. The summed E-state index contributed by atoms with van der Waals surface area (Å²) in [6.45, 7) is 1.93. The van der Waals surface area contributed by atoms with Crippen molar-refractivity contribution in [2.75, 3.05) is 11.6 Å². The first kappa shape index (κ1) is 17.8. The number of nitrogens with one attached hydrogen (secondary N) is 1. The van der Waals surface area contributed by atoms with Gasteiger partial charge in [0.05, 0.1) is 10.9 Å². The summed E-state index contributed by atoms with van der Waals surface area (Å²) >= 11 is 4.93. The molecule has 7 heteroatoms. The average molecular weight is 402 g/mol. The molecule has 4 nitrogen and oxygen atoms in total. The molecule has 0 bridgehead atoms. The third-order valence-electron chi connectivity index (χ3n) is 4.49. The second kappa shape index (κ2) is 7.58. The van der Waals surface area contributed by atoms with Gasteiger partial charge >= 0.3 is 0 Å². The van der Waals surface area contributed by atoms with Crippen molar-refractivity contribution in [3.8, 4) is 0 Å². The molecule has 0 fully saturated rings. The van der Waals surface area contributed by atoms with Crippen LogP contribution in [0.25, 0.3) is 10.2 Å². The molecule has 1 aliphatic rings. The molecule has 0 spiro atoms. The van der Waals surface area contributed by atoms with Gasteiger partial charge in [-0.25, -0.2) is 9.97 Å². The maximum Gasteiger partial charge on any atom is 0.237 e. The van der Waals surface area contributed by atoms with Gasteiger partial charge in [0.15, 0.2) is 0 Å². The van der Waals surface area contributed by atoms with Gasteiger partial charge in [-0.3, -0.25) is 4.79 Å². The van der Waals surface area contributed by atoms with Gasteiger partial charge in [-0.1, -0.05) is 23.9 Å². The zero-order valence-corrected chi connectivity index (χ0v) is 17.1. The van der Waals surface area contributed by atoms with Crippen LogP contribution in [-0.4, -0.2) is 27.4 Å². The number of aromatic nitrogens is 2. The lowest BCUT2D eigenvalue weighted by Crippen LogP contribution is -2.22. The lowest BCUT2D eigenvalue weighted by atomic mass is 10.2. The average Bonchev–Trinajstić information content (AvgIpc) is 3.23. The fourth-order valence-corrected chi connectivity index (χ4v) is 5.99. The number of anilines is 1. The number of benzene rings is 1. The minimum atomic E-state index is -0.236. The van der Waals surface area contributed by atoms with E-state index < -0.39 is 0 Å². The van der Waals surface area contributed by atoms with Crippen LogP contribution < -0.4 is 5.32 Å². The molecular weight excluding hydrogens is 382 g/mol. The van der Waals surface area contributed by atoms with Crippen LogP contribution in [0.1, 0.15) is 23.8 Å². The molecule has 2 heterocycles. The number of fused-ring (bicyclic) bond motifs is 3. The van der Waals surface area contributed by atoms with Crippen molar-refractivity contribution in [1.82, 2.24) is 9.97 Å². The van der Waals surface area contributed by atoms with Crippen LogP contribution in [0.2, 0.25) is 0 Å². The van der Waals surface area contributed by atoms with E-state index >= 15 is 0 Å². The highest BCUT2D eigenvalue weighted by molar-refractivity contribution is 8.00. The zero-order valence-electron chi connectivity index (χ0n) is 14.6. The molecule has 2 aromatic heterocycles. The summed E-state index contributed by atoms with van der Waals surface area (Å²) < 4.78 is 0. The molecule has 0 radical (unpaired) electrons. The molecule has 0 saturated carbocycles. The third-order valence-corrected chi connectivity index (χ3v) is 7.59. The number of para-hydroxylation sites is 1. The van der Waals surface area contributed by atoms with Gasteiger partial charge in [0.25, 0.3) is 0 Å². The van der Waals surface area contributed by atoms with Crippen LogP contribution in [0.3, 0.4) is 0 Å². The second-order valence-electron chi connectivity index (χ2n) is 6.17. The summed E-state index contributed by atoms with van der Waals surface area (Å²) in [6.07, 6.45) is 7.07. The number of amides is 1. The Morgan fingerprint density at radius 2 is 2.12 bits per heavy atom. The van der Waals surface area contributed by atoms with Crippen molar-refractivity contribution in [2.24, 2.45) is 0 Å². The van der Waals surface area contributed by atoms with Gasteiger partial charge in [0, 0.05) is 15.2 Å². The number of rotatable bonds is 5. The van der Waals surface area contributed by atoms with Crippen molar-refractivity contribution in [2.45, 2.75) is 41.4 Å². The van der Waals surface area contributed by atoms with Crippen molar-refractivity contribution in [3.05, 3.63) is 41.0 Å². The normalized spacial score (nSPS) is 14.4. The van der Waals surface area contributed by atoms with E-state index in [0.717, 1.165) is 33.3 Å². The Balaban J connectivity index is 1.56. The fourth-order valence-electron chi connectivity index (χ4n) is 3.19. The molecule has 134 valence electrons. The van der Waals surface area contributed by atoms with E-state index in [9.17, 15) is 4.79 Å². The largest absolute Gasteiger partial charge is 0.324 e. The minimum absolute atomic E-state index is 0.00450. The second-order valence-corrected chi connectivity index (χ2v) is 9.43. The molecule has 1 atom stereocenters. The summed E-state index contributed by atoms with van der Waals surface area (Å²) in [5, 5.41) is 4.91. The predicted molar refractivity (Wildman–Crippen MR) is 112 cm³/mol. The Labute approximate surface area is 165 Å². The molecule has 3 aromatic rings. The molecule has 1 aromatic carbocycles. The Kier molecular flexibility index (Phi) is 5.20. The quantitative estimate of drug-likeness (QED) is 0.480. The number of hydrogen-bond donors (Lipinski definition) is 1. The van der Waals surface area contributed by atoms with Crippen molar-refractivity contribution < 1.29 is 4.79 Å². The maximum atomic E-state index is 12.7. The number of carbonyl (C=O) groups is 1. The van der Waals surface area contributed by atoms with Gasteiger partial charge in [-0.15, -0.1) is 23.1 Å². The predicted octanol–water partition coefficient (Wildman–Crippen LogP) is 5.02. The number of nitrogens with zero attached hydrogens (tertiary/aromatic N) is 2. The van der Waals surface area contributed by atoms with E-state index in [0.29, 0.717) is 0 Å². The molecule has 1 unspecified atom stereocenters. The summed E-state index contributed by atoms with van der Waals surface area (Å²) in [7, 11) is 0. The molecule has 1 amide bonds. The van der Waals surface area contributed by atoms with Crippen LogP contribution in [0.4, 0.5) is 5.69 Å². The Morgan fingerprint density at radius 1 is 1.27 bits per heavy atom. The number of hydrogen-bond acceptors (Lipinski definition) is 6. The van der Waals surface area contributed by atoms with Crippen LogP contribution in [0, 0.1) is 0 Å². The van der Waals surface area contributed by atoms with Gasteiger partial charge in [-0.05, 0) is 50.1 Å². The molecule has 4 rings (SSSR count). The maximum absolute atomic E-state index is 12.7. The van der Waals surface area contributed by atoms with Crippen molar-refractivity contribution >= 4 is 56.7 Å². The van der Waals surface area contributed by atoms with Gasteiger partial charge in [-0.2, -0.15) is 0 Å². The first-order chi connectivity index (χ1) is 12.7.